The molecule has 0 spiro atoms. The van der Waals surface area contributed by atoms with Crippen molar-refractivity contribution in [3.05, 3.63) is 60.2 Å². The molecule has 0 unspecified atom stereocenters. The highest BCUT2D eigenvalue weighted by molar-refractivity contribution is 5.34. The number of hydrogen-bond donors (Lipinski definition) is 1. The standard InChI is InChI=1S/C16H17NO/c17-16(12-6-7-12)13-8-10-15(11-9-13)18-14-4-2-1-3-5-14/h1-5,8-12,16H,6-7,17H2/t16-/m1/s1. The molecule has 2 aromatic carbocycles. The minimum absolute atomic E-state index is 0.191. The van der Waals surface area contributed by atoms with E-state index in [1.807, 2.05) is 42.5 Å². The second-order valence-corrected chi connectivity index (χ2v) is 4.85. The summed E-state index contributed by atoms with van der Waals surface area (Å²) in [4.78, 5) is 0. The van der Waals surface area contributed by atoms with Gasteiger partial charge in [-0.05, 0) is 48.6 Å². The van der Waals surface area contributed by atoms with Gasteiger partial charge in [0.1, 0.15) is 11.5 Å². The average Bonchev–Trinajstić information content (AvgIpc) is 3.24. The molecule has 3 rings (SSSR count). The van der Waals surface area contributed by atoms with E-state index in [-0.39, 0.29) is 6.04 Å². The third-order valence-corrected chi connectivity index (χ3v) is 3.37. The first-order chi connectivity index (χ1) is 8.83. The SMILES string of the molecule is N[C@@H](c1ccc(Oc2ccccc2)cc1)C1CC1. The predicted octanol–water partition coefficient (Wildman–Crippen LogP) is 3.89. The van der Waals surface area contributed by atoms with Crippen molar-refractivity contribution in [3.63, 3.8) is 0 Å². The van der Waals surface area contributed by atoms with Crippen molar-refractivity contribution >= 4 is 0 Å². The van der Waals surface area contributed by atoms with E-state index in [0.717, 1.165) is 11.5 Å². The Morgan fingerprint density at radius 1 is 0.889 bits per heavy atom. The molecule has 0 amide bonds. The van der Waals surface area contributed by atoms with Crippen molar-refractivity contribution in [1.29, 1.82) is 0 Å². The van der Waals surface area contributed by atoms with Crippen molar-refractivity contribution in [1.82, 2.24) is 0 Å². The molecule has 2 nitrogen and oxygen atoms in total. The predicted molar refractivity (Wildman–Crippen MR) is 72.6 cm³/mol. The molecule has 0 aliphatic heterocycles. The van der Waals surface area contributed by atoms with E-state index < -0.39 is 0 Å². The Morgan fingerprint density at radius 2 is 1.50 bits per heavy atom. The van der Waals surface area contributed by atoms with Crippen LogP contribution in [0.1, 0.15) is 24.4 Å². The van der Waals surface area contributed by atoms with Crippen LogP contribution in [-0.4, -0.2) is 0 Å². The van der Waals surface area contributed by atoms with Gasteiger partial charge in [-0.15, -0.1) is 0 Å². The van der Waals surface area contributed by atoms with Crippen LogP contribution < -0.4 is 10.5 Å². The molecule has 2 aromatic rings. The zero-order chi connectivity index (χ0) is 12.4. The second kappa shape index (κ2) is 4.83. The molecule has 0 saturated heterocycles. The molecule has 0 radical (unpaired) electrons. The molecule has 1 atom stereocenters. The van der Waals surface area contributed by atoms with E-state index in [1.165, 1.54) is 18.4 Å². The monoisotopic (exact) mass is 239 g/mol. The Balaban J connectivity index is 1.71. The van der Waals surface area contributed by atoms with E-state index in [9.17, 15) is 0 Å². The van der Waals surface area contributed by atoms with Crippen molar-refractivity contribution in [2.24, 2.45) is 11.7 Å². The minimum atomic E-state index is 0.191. The highest BCUT2D eigenvalue weighted by Gasteiger charge is 2.29. The zero-order valence-corrected chi connectivity index (χ0v) is 10.3. The van der Waals surface area contributed by atoms with Gasteiger partial charge in [0.05, 0.1) is 0 Å². The van der Waals surface area contributed by atoms with Gasteiger partial charge in [-0.2, -0.15) is 0 Å². The molecule has 1 aliphatic carbocycles. The molecule has 2 heteroatoms. The lowest BCUT2D eigenvalue weighted by Crippen LogP contribution is -2.11. The molecule has 1 fully saturated rings. The first-order valence-corrected chi connectivity index (χ1v) is 6.41. The topological polar surface area (TPSA) is 35.2 Å². The summed E-state index contributed by atoms with van der Waals surface area (Å²) in [5.41, 5.74) is 7.37. The van der Waals surface area contributed by atoms with Crippen LogP contribution in [0, 0.1) is 5.92 Å². The lowest BCUT2D eigenvalue weighted by atomic mass is 10.0. The van der Waals surface area contributed by atoms with Crippen LogP contribution in [0.25, 0.3) is 0 Å². The van der Waals surface area contributed by atoms with E-state index in [1.54, 1.807) is 0 Å². The number of nitrogens with two attached hydrogens (primary N) is 1. The third kappa shape index (κ3) is 2.54. The van der Waals surface area contributed by atoms with Crippen LogP contribution >= 0.6 is 0 Å². The molecule has 2 N–H and O–H groups in total. The quantitative estimate of drug-likeness (QED) is 0.878. The number of ether oxygens (including phenoxy) is 1. The van der Waals surface area contributed by atoms with Gasteiger partial charge in [0.2, 0.25) is 0 Å². The Bertz CT molecular complexity index is 502. The lowest BCUT2D eigenvalue weighted by molar-refractivity contribution is 0.482. The van der Waals surface area contributed by atoms with Gasteiger partial charge < -0.3 is 10.5 Å². The number of rotatable bonds is 4. The summed E-state index contributed by atoms with van der Waals surface area (Å²) in [7, 11) is 0. The number of benzene rings is 2. The molecule has 18 heavy (non-hydrogen) atoms. The minimum Gasteiger partial charge on any atom is -0.457 e. The Hall–Kier alpha value is -1.80. The van der Waals surface area contributed by atoms with Crippen molar-refractivity contribution in [2.75, 3.05) is 0 Å². The maximum absolute atomic E-state index is 6.16. The molecular formula is C16H17NO. The summed E-state index contributed by atoms with van der Waals surface area (Å²) in [6, 6.07) is 18.1. The highest BCUT2D eigenvalue weighted by atomic mass is 16.5. The van der Waals surface area contributed by atoms with E-state index >= 15 is 0 Å². The normalized spacial score (nSPS) is 16.3. The first kappa shape index (κ1) is 11.3. The average molecular weight is 239 g/mol. The molecule has 0 aromatic heterocycles. The van der Waals surface area contributed by atoms with Crippen LogP contribution in [0.3, 0.4) is 0 Å². The Labute approximate surface area is 107 Å². The molecule has 0 bridgehead atoms. The highest BCUT2D eigenvalue weighted by Crippen LogP contribution is 2.39. The van der Waals surface area contributed by atoms with Gasteiger partial charge in [0.15, 0.2) is 0 Å². The summed E-state index contributed by atoms with van der Waals surface area (Å²) in [6.07, 6.45) is 2.53. The number of hydrogen-bond acceptors (Lipinski definition) is 2. The van der Waals surface area contributed by atoms with E-state index in [2.05, 4.69) is 12.1 Å². The summed E-state index contributed by atoms with van der Waals surface area (Å²) in [5.74, 6) is 2.40. The fourth-order valence-electron chi connectivity index (χ4n) is 2.11. The molecule has 92 valence electrons. The summed E-state index contributed by atoms with van der Waals surface area (Å²) in [6.45, 7) is 0. The van der Waals surface area contributed by atoms with Crippen LogP contribution in [0.15, 0.2) is 54.6 Å². The van der Waals surface area contributed by atoms with Crippen molar-refractivity contribution < 1.29 is 4.74 Å². The van der Waals surface area contributed by atoms with Gasteiger partial charge in [0, 0.05) is 6.04 Å². The fourth-order valence-corrected chi connectivity index (χ4v) is 2.11. The summed E-state index contributed by atoms with van der Waals surface area (Å²) in [5, 5.41) is 0. The van der Waals surface area contributed by atoms with Gasteiger partial charge in [-0.25, -0.2) is 0 Å². The van der Waals surface area contributed by atoms with E-state index in [4.69, 9.17) is 10.5 Å². The maximum atomic E-state index is 6.16. The Morgan fingerprint density at radius 3 is 2.11 bits per heavy atom. The fraction of sp³-hybridized carbons (Fsp3) is 0.250. The first-order valence-electron chi connectivity index (χ1n) is 6.41. The van der Waals surface area contributed by atoms with Gasteiger partial charge in [-0.1, -0.05) is 30.3 Å². The van der Waals surface area contributed by atoms with Crippen LogP contribution in [0.5, 0.6) is 11.5 Å². The molecule has 1 saturated carbocycles. The lowest BCUT2D eigenvalue weighted by Gasteiger charge is -2.11. The van der Waals surface area contributed by atoms with Crippen LogP contribution in [-0.2, 0) is 0 Å². The number of para-hydroxylation sites is 1. The second-order valence-electron chi connectivity index (χ2n) is 4.85. The van der Waals surface area contributed by atoms with Crippen molar-refractivity contribution in [2.45, 2.75) is 18.9 Å². The van der Waals surface area contributed by atoms with Crippen LogP contribution in [0.2, 0.25) is 0 Å². The smallest absolute Gasteiger partial charge is 0.127 e. The van der Waals surface area contributed by atoms with Gasteiger partial charge in [0.25, 0.3) is 0 Å². The Kier molecular flexibility index (Phi) is 3.03. The van der Waals surface area contributed by atoms with Gasteiger partial charge >= 0.3 is 0 Å². The van der Waals surface area contributed by atoms with E-state index in [0.29, 0.717) is 5.92 Å². The molecular weight excluding hydrogens is 222 g/mol. The third-order valence-electron chi connectivity index (χ3n) is 3.37. The maximum Gasteiger partial charge on any atom is 0.127 e. The summed E-state index contributed by atoms with van der Waals surface area (Å²) < 4.78 is 5.75. The largest absolute Gasteiger partial charge is 0.457 e. The molecule has 1 aliphatic rings. The zero-order valence-electron chi connectivity index (χ0n) is 10.3. The van der Waals surface area contributed by atoms with Crippen LogP contribution in [0.4, 0.5) is 0 Å². The summed E-state index contributed by atoms with van der Waals surface area (Å²) >= 11 is 0. The van der Waals surface area contributed by atoms with Crippen molar-refractivity contribution in [3.8, 4) is 11.5 Å². The molecule has 0 heterocycles. The van der Waals surface area contributed by atoms with Gasteiger partial charge in [-0.3, -0.25) is 0 Å².